The van der Waals surface area contributed by atoms with Gasteiger partial charge in [-0.15, -0.1) is 32.9 Å². The van der Waals surface area contributed by atoms with E-state index >= 15 is 0 Å². The second-order valence-corrected chi connectivity index (χ2v) is 6.31. The van der Waals surface area contributed by atoms with Gasteiger partial charge in [0.15, 0.2) is 5.78 Å². The van der Waals surface area contributed by atoms with Crippen molar-refractivity contribution in [2.24, 2.45) is 0 Å². The van der Waals surface area contributed by atoms with Gasteiger partial charge in [-0.2, -0.15) is 4.80 Å². The first-order chi connectivity index (χ1) is 9.22. The molecular formula is C11H7ClN4OS2. The molecule has 3 aromatic rings. The van der Waals surface area contributed by atoms with Crippen molar-refractivity contribution < 1.29 is 4.79 Å². The van der Waals surface area contributed by atoms with Crippen LogP contribution in [-0.4, -0.2) is 26.0 Å². The highest BCUT2D eigenvalue weighted by molar-refractivity contribution is 7.18. The molecule has 0 aromatic carbocycles. The molecule has 0 saturated heterocycles. The van der Waals surface area contributed by atoms with Gasteiger partial charge in [0.2, 0.25) is 5.82 Å². The Morgan fingerprint density at radius 2 is 2.26 bits per heavy atom. The van der Waals surface area contributed by atoms with E-state index in [1.54, 1.807) is 12.1 Å². The van der Waals surface area contributed by atoms with Crippen molar-refractivity contribution in [3.05, 3.63) is 38.9 Å². The van der Waals surface area contributed by atoms with E-state index in [9.17, 15) is 4.79 Å². The van der Waals surface area contributed by atoms with Crippen LogP contribution in [0.15, 0.2) is 29.6 Å². The zero-order valence-electron chi connectivity index (χ0n) is 9.49. The van der Waals surface area contributed by atoms with E-state index in [-0.39, 0.29) is 12.3 Å². The quantitative estimate of drug-likeness (QED) is 0.695. The first-order valence-corrected chi connectivity index (χ1v) is 7.40. The van der Waals surface area contributed by atoms with Gasteiger partial charge in [-0.05, 0) is 28.8 Å². The van der Waals surface area contributed by atoms with Crippen molar-refractivity contribution in [1.82, 2.24) is 20.2 Å². The summed E-state index contributed by atoms with van der Waals surface area (Å²) in [6.07, 6.45) is 0. The molecule has 0 fully saturated rings. The first kappa shape index (κ1) is 12.5. The van der Waals surface area contributed by atoms with Crippen LogP contribution in [0.3, 0.4) is 0 Å². The smallest absolute Gasteiger partial charge is 0.214 e. The van der Waals surface area contributed by atoms with E-state index in [4.69, 9.17) is 11.6 Å². The molecule has 0 N–H and O–H groups in total. The summed E-state index contributed by atoms with van der Waals surface area (Å²) in [6.45, 7) is 0.0647. The molecule has 0 aliphatic rings. The lowest BCUT2D eigenvalue weighted by Gasteiger charge is -1.95. The van der Waals surface area contributed by atoms with Gasteiger partial charge < -0.3 is 0 Å². The maximum atomic E-state index is 11.9. The van der Waals surface area contributed by atoms with Crippen LogP contribution in [0.25, 0.3) is 10.7 Å². The van der Waals surface area contributed by atoms with Gasteiger partial charge >= 0.3 is 0 Å². The zero-order chi connectivity index (χ0) is 13.2. The molecular weight excluding hydrogens is 304 g/mol. The predicted octanol–water partition coefficient (Wildman–Crippen LogP) is 3.00. The second kappa shape index (κ2) is 5.20. The van der Waals surface area contributed by atoms with Crippen molar-refractivity contribution in [2.45, 2.75) is 6.54 Å². The van der Waals surface area contributed by atoms with E-state index in [0.717, 1.165) is 4.88 Å². The molecule has 0 saturated carbocycles. The topological polar surface area (TPSA) is 60.7 Å². The number of aromatic nitrogens is 4. The average Bonchev–Trinajstić information content (AvgIpc) is 3.07. The number of tetrazole rings is 1. The molecule has 8 heteroatoms. The van der Waals surface area contributed by atoms with E-state index in [1.807, 2.05) is 17.5 Å². The molecule has 3 aromatic heterocycles. The largest absolute Gasteiger partial charge is 0.291 e. The Bertz CT molecular complexity index is 704. The summed E-state index contributed by atoms with van der Waals surface area (Å²) in [4.78, 5) is 14.8. The van der Waals surface area contributed by atoms with E-state index in [2.05, 4.69) is 15.4 Å². The third kappa shape index (κ3) is 2.73. The number of thiophene rings is 2. The summed E-state index contributed by atoms with van der Waals surface area (Å²) in [7, 11) is 0. The Balaban J connectivity index is 1.76. The number of hydrogen-bond donors (Lipinski definition) is 0. The third-order valence-corrected chi connectivity index (χ3v) is 4.47. The van der Waals surface area contributed by atoms with Gasteiger partial charge in [-0.1, -0.05) is 17.7 Å². The zero-order valence-corrected chi connectivity index (χ0v) is 11.9. The highest BCUT2D eigenvalue weighted by Gasteiger charge is 2.13. The molecule has 5 nitrogen and oxygen atoms in total. The van der Waals surface area contributed by atoms with E-state index in [0.29, 0.717) is 15.0 Å². The second-order valence-electron chi connectivity index (χ2n) is 3.65. The minimum absolute atomic E-state index is 0.0647. The predicted molar refractivity (Wildman–Crippen MR) is 74.8 cm³/mol. The van der Waals surface area contributed by atoms with Crippen LogP contribution >= 0.6 is 34.3 Å². The minimum atomic E-state index is -0.0768. The molecule has 0 aliphatic heterocycles. The fourth-order valence-corrected chi connectivity index (χ4v) is 3.11. The van der Waals surface area contributed by atoms with Gasteiger partial charge in [0.05, 0.1) is 14.1 Å². The lowest BCUT2D eigenvalue weighted by Crippen LogP contribution is -2.12. The highest BCUT2D eigenvalue weighted by atomic mass is 35.5. The molecule has 3 heterocycles. The van der Waals surface area contributed by atoms with Crippen LogP contribution in [-0.2, 0) is 6.54 Å². The maximum Gasteiger partial charge on any atom is 0.214 e. The van der Waals surface area contributed by atoms with Crippen LogP contribution in [0, 0.1) is 0 Å². The number of Topliss-reactive ketones (excluding diaryl/α,β-unsaturated/α-hetero) is 1. The number of hydrogen-bond acceptors (Lipinski definition) is 6. The fraction of sp³-hybridized carbons (Fsp3) is 0.0909. The summed E-state index contributed by atoms with van der Waals surface area (Å²) in [5.41, 5.74) is 0. The van der Waals surface area contributed by atoms with Gasteiger partial charge in [-0.3, -0.25) is 4.79 Å². The first-order valence-electron chi connectivity index (χ1n) is 5.32. The number of nitrogens with zero attached hydrogens (tertiary/aromatic N) is 4. The monoisotopic (exact) mass is 310 g/mol. The summed E-state index contributed by atoms with van der Waals surface area (Å²) in [5.74, 6) is 0.457. The molecule has 0 spiro atoms. The van der Waals surface area contributed by atoms with Gasteiger partial charge in [0.1, 0.15) is 6.54 Å². The molecule has 0 atom stereocenters. The minimum Gasteiger partial charge on any atom is -0.291 e. The van der Waals surface area contributed by atoms with Crippen LogP contribution in [0.1, 0.15) is 9.67 Å². The van der Waals surface area contributed by atoms with Gasteiger partial charge in [-0.25, -0.2) is 0 Å². The van der Waals surface area contributed by atoms with Crippen LogP contribution in [0.5, 0.6) is 0 Å². The summed E-state index contributed by atoms with van der Waals surface area (Å²) < 4.78 is 0.592. The van der Waals surface area contributed by atoms with Crippen molar-refractivity contribution >= 4 is 40.1 Å². The van der Waals surface area contributed by atoms with Crippen LogP contribution < -0.4 is 0 Å². The van der Waals surface area contributed by atoms with Crippen molar-refractivity contribution in [2.75, 3.05) is 0 Å². The van der Waals surface area contributed by atoms with Gasteiger partial charge in [0.25, 0.3) is 0 Å². The Labute approximate surface area is 121 Å². The standard InChI is InChI=1S/C11H7ClN4OS2/c12-10-4-3-8(19-10)7(17)6-16-14-11(13-15-16)9-2-1-5-18-9/h1-5H,6H2. The lowest BCUT2D eigenvalue weighted by atomic mass is 10.3. The Kier molecular flexibility index (Phi) is 3.41. The Morgan fingerprint density at radius 1 is 1.37 bits per heavy atom. The average molecular weight is 311 g/mol. The molecule has 19 heavy (non-hydrogen) atoms. The Morgan fingerprint density at radius 3 is 2.95 bits per heavy atom. The fourth-order valence-electron chi connectivity index (χ4n) is 1.49. The molecule has 0 bridgehead atoms. The number of carbonyl (C=O) groups excluding carboxylic acids is 1. The Hall–Kier alpha value is -1.57. The summed E-state index contributed by atoms with van der Waals surface area (Å²) in [6, 6.07) is 7.23. The van der Waals surface area contributed by atoms with E-state index < -0.39 is 0 Å². The normalized spacial score (nSPS) is 10.8. The third-order valence-electron chi connectivity index (χ3n) is 2.33. The van der Waals surface area contributed by atoms with Crippen molar-refractivity contribution in [3.8, 4) is 10.7 Å². The molecule has 0 radical (unpaired) electrons. The van der Waals surface area contributed by atoms with Crippen LogP contribution in [0.2, 0.25) is 4.34 Å². The number of carbonyl (C=O) groups is 1. The maximum absolute atomic E-state index is 11.9. The van der Waals surface area contributed by atoms with Crippen molar-refractivity contribution in [3.63, 3.8) is 0 Å². The molecule has 0 unspecified atom stereocenters. The van der Waals surface area contributed by atoms with Crippen LogP contribution in [0.4, 0.5) is 0 Å². The molecule has 0 amide bonds. The number of halogens is 1. The molecule has 3 rings (SSSR count). The molecule has 0 aliphatic carbocycles. The lowest BCUT2D eigenvalue weighted by molar-refractivity contribution is 0.0965. The van der Waals surface area contributed by atoms with E-state index in [1.165, 1.54) is 27.5 Å². The summed E-state index contributed by atoms with van der Waals surface area (Å²) in [5, 5.41) is 13.9. The van der Waals surface area contributed by atoms with Crippen molar-refractivity contribution in [1.29, 1.82) is 0 Å². The summed E-state index contributed by atoms with van der Waals surface area (Å²) >= 11 is 8.57. The highest BCUT2D eigenvalue weighted by Crippen LogP contribution is 2.22. The SMILES string of the molecule is O=C(Cn1nnc(-c2cccs2)n1)c1ccc(Cl)s1. The number of ketones is 1. The number of rotatable bonds is 4. The molecule has 96 valence electrons. The van der Waals surface area contributed by atoms with Gasteiger partial charge in [0, 0.05) is 0 Å².